The quantitative estimate of drug-likeness (QED) is 0.187. The van der Waals surface area contributed by atoms with Crippen LogP contribution in [0.4, 0.5) is 0 Å². The first-order chi connectivity index (χ1) is 21.0. The fourth-order valence-corrected chi connectivity index (χ4v) is 4.66. The lowest BCUT2D eigenvalue weighted by Gasteiger charge is -2.48. The summed E-state index contributed by atoms with van der Waals surface area (Å²) in [7, 11) is 1.20. The summed E-state index contributed by atoms with van der Waals surface area (Å²) in [6.45, 7) is 6.53. The number of hydrogen-bond acceptors (Lipinski definition) is 18. The van der Waals surface area contributed by atoms with Crippen molar-refractivity contribution in [3.8, 4) is 0 Å². The zero-order chi connectivity index (χ0) is 34.0. The third kappa shape index (κ3) is 11.2. The van der Waals surface area contributed by atoms with Crippen LogP contribution in [-0.2, 0) is 85.7 Å². The average Bonchev–Trinajstić information content (AvgIpc) is 2.90. The summed E-state index contributed by atoms with van der Waals surface area (Å²) in [5.74, 6) is -5.71. The van der Waals surface area contributed by atoms with E-state index in [1.54, 1.807) is 0 Å². The Bertz CT molecular complexity index is 1110. The second-order valence-corrected chi connectivity index (χ2v) is 9.90. The molecule has 0 aromatic rings. The molecule has 0 radical (unpaired) electrons. The van der Waals surface area contributed by atoms with Crippen molar-refractivity contribution in [2.24, 2.45) is 0 Å². The molecular weight excluding hydrogens is 612 g/mol. The Hall–Kier alpha value is -3.87. The summed E-state index contributed by atoms with van der Waals surface area (Å²) in [5.41, 5.74) is 0. The second-order valence-electron chi connectivity index (χ2n) is 9.90. The van der Waals surface area contributed by atoms with E-state index in [-0.39, 0.29) is 0 Å². The van der Waals surface area contributed by atoms with Gasteiger partial charge in [-0.05, 0) is 0 Å². The molecule has 0 unspecified atom stereocenters. The SMILES string of the molecule is CO[C@H]1O[C@H](COC(C)=O)[C@@H](OC(C)=O)[C@H](OC(C)=O)[C@H]1O[C@@H]1O[C@H](COC(C)=O)[C@@H](OC(C)=O)[C@H](OC(C)=O)[C@H]1OC(C)=O. The number of carbonyl (C=O) groups is 7. The summed E-state index contributed by atoms with van der Waals surface area (Å²) in [6, 6.07) is 0. The molecule has 0 bridgehead atoms. The van der Waals surface area contributed by atoms with Crippen LogP contribution >= 0.6 is 0 Å². The first kappa shape index (κ1) is 37.3. The number of esters is 7. The van der Waals surface area contributed by atoms with E-state index in [2.05, 4.69) is 0 Å². The summed E-state index contributed by atoms with van der Waals surface area (Å²) in [4.78, 5) is 83.8. The highest BCUT2D eigenvalue weighted by atomic mass is 16.8. The van der Waals surface area contributed by atoms with Gasteiger partial charge in [-0.3, -0.25) is 33.6 Å². The van der Waals surface area contributed by atoms with Crippen molar-refractivity contribution < 1.29 is 85.7 Å². The van der Waals surface area contributed by atoms with Crippen LogP contribution in [0.3, 0.4) is 0 Å². The fourth-order valence-electron chi connectivity index (χ4n) is 4.66. The predicted octanol–water partition coefficient (Wildman–Crippen LogP) is -0.747. The Balaban J connectivity index is 2.64. The van der Waals surface area contributed by atoms with E-state index >= 15 is 0 Å². The zero-order valence-electron chi connectivity index (χ0n) is 26.0. The predicted molar refractivity (Wildman–Crippen MR) is 140 cm³/mol. The molecule has 2 aliphatic rings. The van der Waals surface area contributed by atoms with Crippen molar-refractivity contribution in [3.63, 3.8) is 0 Å². The molecule has 2 aliphatic heterocycles. The van der Waals surface area contributed by atoms with Crippen molar-refractivity contribution in [1.82, 2.24) is 0 Å². The number of methoxy groups -OCH3 is 1. The lowest BCUT2D eigenvalue weighted by molar-refractivity contribution is -0.366. The topological polar surface area (TPSA) is 221 Å². The van der Waals surface area contributed by atoms with E-state index < -0.39 is 116 Å². The third-order valence-corrected chi connectivity index (χ3v) is 6.12. The maximum absolute atomic E-state index is 12.2. The van der Waals surface area contributed by atoms with Crippen molar-refractivity contribution in [3.05, 3.63) is 0 Å². The van der Waals surface area contributed by atoms with E-state index in [0.717, 1.165) is 48.5 Å². The van der Waals surface area contributed by atoms with Crippen molar-refractivity contribution in [2.75, 3.05) is 20.3 Å². The second kappa shape index (κ2) is 17.0. The minimum Gasteiger partial charge on any atom is -0.463 e. The zero-order valence-corrected chi connectivity index (χ0v) is 26.0. The highest BCUT2D eigenvalue weighted by Crippen LogP contribution is 2.35. The Labute approximate surface area is 258 Å². The van der Waals surface area contributed by atoms with Gasteiger partial charge in [0.2, 0.25) is 0 Å². The van der Waals surface area contributed by atoms with Crippen molar-refractivity contribution >= 4 is 41.8 Å². The molecule has 0 aromatic heterocycles. The van der Waals surface area contributed by atoms with Gasteiger partial charge in [-0.25, -0.2) is 0 Å². The monoisotopic (exact) mass is 650 g/mol. The Morgan fingerprint density at radius 1 is 0.444 bits per heavy atom. The van der Waals surface area contributed by atoms with Gasteiger partial charge in [-0.2, -0.15) is 0 Å². The summed E-state index contributed by atoms with van der Waals surface area (Å²) in [5, 5.41) is 0. The molecule has 0 saturated carbocycles. The molecule has 0 amide bonds. The lowest BCUT2D eigenvalue weighted by Crippen LogP contribution is -2.67. The highest BCUT2D eigenvalue weighted by Gasteiger charge is 2.57. The standard InChI is InChI=1S/C27H38O18/c1-11(28)36-9-18-20(38-13(3)30)22(40-15(5)32)24(26(35-8)43-18)45-27-25(42-17(7)34)23(41-16(6)33)21(39-14(4)31)19(44-27)10-37-12(2)29/h18-27H,9-10H2,1-8H3/t18-,19-,20-,21-,22+,23+,24-,25-,26+,27+/m1/s1. The van der Waals surface area contributed by atoms with Gasteiger partial charge in [0.15, 0.2) is 49.2 Å². The average molecular weight is 651 g/mol. The molecule has 2 heterocycles. The minimum atomic E-state index is -1.74. The van der Waals surface area contributed by atoms with Gasteiger partial charge in [-0.15, -0.1) is 0 Å². The number of carbonyl (C=O) groups excluding carboxylic acids is 7. The van der Waals surface area contributed by atoms with Gasteiger partial charge in [0, 0.05) is 55.6 Å². The fraction of sp³-hybridized carbons (Fsp3) is 0.741. The van der Waals surface area contributed by atoms with Crippen LogP contribution in [0.2, 0.25) is 0 Å². The van der Waals surface area contributed by atoms with Gasteiger partial charge >= 0.3 is 41.8 Å². The first-order valence-corrected chi connectivity index (χ1v) is 13.7. The molecule has 254 valence electrons. The maximum Gasteiger partial charge on any atom is 0.303 e. The molecule has 18 heteroatoms. The van der Waals surface area contributed by atoms with E-state index in [1.165, 1.54) is 7.11 Å². The molecule has 2 rings (SSSR count). The van der Waals surface area contributed by atoms with Gasteiger partial charge in [0.1, 0.15) is 25.4 Å². The molecule has 45 heavy (non-hydrogen) atoms. The van der Waals surface area contributed by atoms with E-state index in [0.29, 0.717) is 0 Å². The molecule has 2 saturated heterocycles. The largest absolute Gasteiger partial charge is 0.463 e. The Kier molecular flexibility index (Phi) is 14.1. The molecule has 0 N–H and O–H groups in total. The van der Waals surface area contributed by atoms with Crippen LogP contribution in [0.1, 0.15) is 48.5 Å². The number of rotatable bonds is 12. The van der Waals surface area contributed by atoms with Gasteiger partial charge in [0.25, 0.3) is 0 Å². The molecular formula is C27H38O18. The smallest absolute Gasteiger partial charge is 0.303 e. The van der Waals surface area contributed by atoms with Crippen LogP contribution in [0.25, 0.3) is 0 Å². The third-order valence-electron chi connectivity index (χ3n) is 6.12. The minimum absolute atomic E-state index is 0.448. The molecule has 18 nitrogen and oxygen atoms in total. The van der Waals surface area contributed by atoms with Gasteiger partial charge in [-0.1, -0.05) is 0 Å². The van der Waals surface area contributed by atoms with E-state index in [9.17, 15) is 33.6 Å². The number of ether oxygens (including phenoxy) is 11. The Morgan fingerprint density at radius 3 is 1.13 bits per heavy atom. The molecule has 10 atom stereocenters. The summed E-state index contributed by atoms with van der Waals surface area (Å²) < 4.78 is 60.6. The van der Waals surface area contributed by atoms with Crippen LogP contribution in [0.15, 0.2) is 0 Å². The molecule has 0 aliphatic carbocycles. The first-order valence-electron chi connectivity index (χ1n) is 13.7. The van der Waals surface area contributed by atoms with E-state index in [4.69, 9.17) is 52.1 Å². The maximum atomic E-state index is 12.2. The summed E-state index contributed by atoms with van der Waals surface area (Å²) in [6.07, 6.45) is -14.9. The molecule has 0 spiro atoms. The van der Waals surface area contributed by atoms with Crippen LogP contribution in [0.5, 0.6) is 0 Å². The molecule has 2 fully saturated rings. The highest BCUT2D eigenvalue weighted by molar-refractivity contribution is 5.69. The van der Waals surface area contributed by atoms with Crippen molar-refractivity contribution in [2.45, 2.75) is 110 Å². The van der Waals surface area contributed by atoms with E-state index in [1.807, 2.05) is 0 Å². The van der Waals surface area contributed by atoms with Crippen LogP contribution < -0.4 is 0 Å². The van der Waals surface area contributed by atoms with Crippen LogP contribution in [0, 0.1) is 0 Å². The van der Waals surface area contributed by atoms with Crippen LogP contribution in [-0.4, -0.2) is 124 Å². The molecule has 0 aromatic carbocycles. The van der Waals surface area contributed by atoms with Gasteiger partial charge in [0.05, 0.1) is 0 Å². The van der Waals surface area contributed by atoms with Crippen molar-refractivity contribution in [1.29, 1.82) is 0 Å². The summed E-state index contributed by atoms with van der Waals surface area (Å²) >= 11 is 0. The Morgan fingerprint density at radius 2 is 0.778 bits per heavy atom. The normalized spacial score (nSPS) is 31.0. The van der Waals surface area contributed by atoms with Gasteiger partial charge < -0.3 is 52.1 Å². The number of hydrogen-bond donors (Lipinski definition) is 0. The lowest BCUT2D eigenvalue weighted by atomic mass is 9.96.